The Balaban J connectivity index is 1.81. The molecule has 4 rings (SSSR count). The van der Waals surface area contributed by atoms with Crippen molar-refractivity contribution in [2.24, 2.45) is 0 Å². The number of pyridine rings is 1. The molecule has 0 saturated carbocycles. The second-order valence-corrected chi connectivity index (χ2v) is 6.82. The molecule has 3 nitrogen and oxygen atoms in total. The number of thioether (sulfide) groups is 1. The van der Waals surface area contributed by atoms with Crippen LogP contribution in [0.25, 0.3) is 16.6 Å². The Morgan fingerprint density at radius 2 is 1.87 bits per heavy atom. The van der Waals surface area contributed by atoms with Crippen molar-refractivity contribution < 1.29 is 0 Å². The standard InChI is InChI=1S/C18H14ClN3S/c1-12-9-17-20-21-18(23-11-13-5-3-2-4-6-13)22(17)16-8-7-14(19)10-15(12)16/h2-10H,11H2,1H3. The summed E-state index contributed by atoms with van der Waals surface area (Å²) >= 11 is 7.84. The van der Waals surface area contributed by atoms with E-state index in [0.717, 1.165) is 38.0 Å². The minimum atomic E-state index is 0.742. The van der Waals surface area contributed by atoms with Gasteiger partial charge in [0.1, 0.15) is 0 Å². The van der Waals surface area contributed by atoms with Gasteiger partial charge in [-0.2, -0.15) is 0 Å². The highest BCUT2D eigenvalue weighted by Gasteiger charge is 2.12. The molecule has 23 heavy (non-hydrogen) atoms. The van der Waals surface area contributed by atoms with Gasteiger partial charge in [0, 0.05) is 16.2 Å². The number of fused-ring (bicyclic) bond motifs is 3. The summed E-state index contributed by atoms with van der Waals surface area (Å²) in [6.07, 6.45) is 0. The van der Waals surface area contributed by atoms with Crippen LogP contribution in [-0.2, 0) is 5.75 Å². The topological polar surface area (TPSA) is 30.2 Å². The molecule has 2 aromatic carbocycles. The number of nitrogens with zero attached hydrogens (tertiary/aromatic N) is 3. The van der Waals surface area contributed by atoms with Gasteiger partial charge in [0.25, 0.3) is 0 Å². The second-order valence-electron chi connectivity index (χ2n) is 5.44. The van der Waals surface area contributed by atoms with E-state index >= 15 is 0 Å². The van der Waals surface area contributed by atoms with E-state index in [-0.39, 0.29) is 0 Å². The third-order valence-corrected chi connectivity index (χ3v) is 5.07. The van der Waals surface area contributed by atoms with Gasteiger partial charge >= 0.3 is 0 Å². The molecule has 2 heterocycles. The molecule has 0 atom stereocenters. The molecule has 5 heteroatoms. The first kappa shape index (κ1) is 14.5. The highest BCUT2D eigenvalue weighted by Crippen LogP contribution is 2.29. The van der Waals surface area contributed by atoms with Crippen molar-refractivity contribution in [1.29, 1.82) is 0 Å². The first-order chi connectivity index (χ1) is 11.2. The van der Waals surface area contributed by atoms with E-state index in [1.807, 2.05) is 24.3 Å². The molecule has 0 amide bonds. The number of aryl methyl sites for hydroxylation is 1. The average molecular weight is 340 g/mol. The zero-order valence-electron chi connectivity index (χ0n) is 12.5. The molecule has 0 aliphatic heterocycles. The van der Waals surface area contributed by atoms with Crippen LogP contribution < -0.4 is 0 Å². The van der Waals surface area contributed by atoms with Crippen molar-refractivity contribution in [2.45, 2.75) is 17.8 Å². The molecule has 0 spiro atoms. The van der Waals surface area contributed by atoms with E-state index in [9.17, 15) is 0 Å². The lowest BCUT2D eigenvalue weighted by molar-refractivity contribution is 0.939. The summed E-state index contributed by atoms with van der Waals surface area (Å²) in [6, 6.07) is 18.4. The van der Waals surface area contributed by atoms with Crippen LogP contribution in [-0.4, -0.2) is 14.6 Å². The van der Waals surface area contributed by atoms with Crippen molar-refractivity contribution in [2.75, 3.05) is 0 Å². The molecule has 0 bridgehead atoms. The Morgan fingerprint density at radius 1 is 1.04 bits per heavy atom. The van der Waals surface area contributed by atoms with E-state index in [0.29, 0.717) is 0 Å². The third-order valence-electron chi connectivity index (χ3n) is 3.84. The number of hydrogen-bond donors (Lipinski definition) is 0. The van der Waals surface area contributed by atoms with Crippen molar-refractivity contribution in [1.82, 2.24) is 14.6 Å². The Labute approximate surface area is 143 Å². The van der Waals surface area contributed by atoms with E-state index in [1.165, 1.54) is 5.56 Å². The molecule has 0 radical (unpaired) electrons. The highest BCUT2D eigenvalue weighted by molar-refractivity contribution is 7.98. The minimum absolute atomic E-state index is 0.742. The molecule has 0 aliphatic carbocycles. The van der Waals surface area contributed by atoms with E-state index in [4.69, 9.17) is 11.6 Å². The lowest BCUT2D eigenvalue weighted by Gasteiger charge is -2.08. The maximum atomic E-state index is 6.15. The van der Waals surface area contributed by atoms with Crippen molar-refractivity contribution >= 4 is 39.9 Å². The van der Waals surface area contributed by atoms with Gasteiger partial charge in [0.05, 0.1) is 5.52 Å². The van der Waals surface area contributed by atoms with Gasteiger partial charge in [-0.15, -0.1) is 10.2 Å². The molecular weight excluding hydrogens is 326 g/mol. The maximum absolute atomic E-state index is 6.15. The second kappa shape index (κ2) is 5.87. The number of hydrogen-bond acceptors (Lipinski definition) is 3. The maximum Gasteiger partial charge on any atom is 0.196 e. The fraction of sp³-hybridized carbons (Fsp3) is 0.111. The summed E-state index contributed by atoms with van der Waals surface area (Å²) in [6.45, 7) is 2.07. The van der Waals surface area contributed by atoms with Crippen LogP contribution in [0.1, 0.15) is 11.1 Å². The average Bonchev–Trinajstić information content (AvgIpc) is 2.97. The molecule has 0 N–H and O–H groups in total. The zero-order chi connectivity index (χ0) is 15.8. The Bertz CT molecular complexity index is 995. The van der Waals surface area contributed by atoms with E-state index in [1.54, 1.807) is 11.8 Å². The normalized spacial score (nSPS) is 11.4. The van der Waals surface area contributed by atoms with Gasteiger partial charge in [-0.05, 0) is 42.3 Å². The van der Waals surface area contributed by atoms with Gasteiger partial charge in [-0.1, -0.05) is 53.7 Å². The summed E-state index contributed by atoms with van der Waals surface area (Å²) in [5.41, 5.74) is 4.38. The summed E-state index contributed by atoms with van der Waals surface area (Å²) in [7, 11) is 0. The molecule has 114 valence electrons. The number of benzene rings is 2. The summed E-state index contributed by atoms with van der Waals surface area (Å²) in [5.74, 6) is 0.866. The van der Waals surface area contributed by atoms with Crippen molar-refractivity contribution in [3.63, 3.8) is 0 Å². The van der Waals surface area contributed by atoms with E-state index < -0.39 is 0 Å². The third kappa shape index (κ3) is 2.69. The van der Waals surface area contributed by atoms with Gasteiger partial charge in [-0.3, -0.25) is 4.40 Å². The van der Waals surface area contributed by atoms with Gasteiger partial charge in [-0.25, -0.2) is 0 Å². The molecule has 0 saturated heterocycles. The monoisotopic (exact) mass is 339 g/mol. The predicted molar refractivity (Wildman–Crippen MR) is 96.2 cm³/mol. The quantitative estimate of drug-likeness (QED) is 0.484. The van der Waals surface area contributed by atoms with Crippen LogP contribution in [0.4, 0.5) is 0 Å². The smallest absolute Gasteiger partial charge is 0.196 e. The fourth-order valence-corrected chi connectivity index (χ4v) is 3.79. The number of aromatic nitrogens is 3. The largest absolute Gasteiger partial charge is 0.270 e. The van der Waals surface area contributed by atoms with Crippen LogP contribution >= 0.6 is 23.4 Å². The van der Waals surface area contributed by atoms with Gasteiger partial charge in [0.2, 0.25) is 0 Å². The summed E-state index contributed by atoms with van der Waals surface area (Å²) in [4.78, 5) is 0. The van der Waals surface area contributed by atoms with E-state index in [2.05, 4.69) is 51.9 Å². The van der Waals surface area contributed by atoms with Crippen LogP contribution in [0.5, 0.6) is 0 Å². The van der Waals surface area contributed by atoms with Crippen molar-refractivity contribution in [3.05, 3.63) is 70.7 Å². The summed E-state index contributed by atoms with van der Waals surface area (Å²) in [5, 5.41) is 11.5. The zero-order valence-corrected chi connectivity index (χ0v) is 14.1. The highest BCUT2D eigenvalue weighted by atomic mass is 35.5. The van der Waals surface area contributed by atoms with Crippen LogP contribution in [0.2, 0.25) is 5.02 Å². The van der Waals surface area contributed by atoms with Crippen LogP contribution in [0.15, 0.2) is 59.8 Å². The van der Waals surface area contributed by atoms with Gasteiger partial charge < -0.3 is 0 Å². The Morgan fingerprint density at radius 3 is 2.70 bits per heavy atom. The Kier molecular flexibility index (Phi) is 3.71. The first-order valence-electron chi connectivity index (χ1n) is 7.33. The van der Waals surface area contributed by atoms with Crippen LogP contribution in [0.3, 0.4) is 0 Å². The molecular formula is C18H14ClN3S. The van der Waals surface area contributed by atoms with Gasteiger partial charge in [0.15, 0.2) is 10.8 Å². The predicted octanol–water partition coefficient (Wildman–Crippen LogP) is 5.14. The lowest BCUT2D eigenvalue weighted by atomic mass is 10.1. The van der Waals surface area contributed by atoms with Crippen molar-refractivity contribution in [3.8, 4) is 0 Å². The molecule has 0 fully saturated rings. The number of halogens is 1. The first-order valence-corrected chi connectivity index (χ1v) is 8.69. The molecule has 0 aliphatic rings. The Hall–Kier alpha value is -2.04. The molecule has 2 aromatic heterocycles. The van der Waals surface area contributed by atoms with Crippen LogP contribution in [0, 0.1) is 6.92 Å². The fourth-order valence-electron chi connectivity index (χ4n) is 2.71. The minimum Gasteiger partial charge on any atom is -0.270 e. The SMILES string of the molecule is Cc1cc2nnc(SCc3ccccc3)n2c2ccc(Cl)cc12. The molecule has 0 unspecified atom stereocenters. The molecule has 4 aromatic rings. The number of rotatable bonds is 3. The lowest BCUT2D eigenvalue weighted by Crippen LogP contribution is -1.93. The summed E-state index contributed by atoms with van der Waals surface area (Å²) < 4.78 is 2.10.